The Bertz CT molecular complexity index is 481. The molecule has 2 rings (SSSR count). The third kappa shape index (κ3) is 4.33. The highest BCUT2D eigenvalue weighted by Crippen LogP contribution is 2.38. The number of rotatable bonds is 3. The van der Waals surface area contributed by atoms with Gasteiger partial charge >= 0.3 is 6.18 Å². The van der Waals surface area contributed by atoms with Gasteiger partial charge in [0.25, 0.3) is 0 Å². The molecule has 1 aliphatic carbocycles. The van der Waals surface area contributed by atoms with Gasteiger partial charge in [0, 0.05) is 12.1 Å². The Morgan fingerprint density at radius 1 is 1.19 bits per heavy atom. The number of halogens is 5. The Hall–Kier alpha value is -0.810. The highest BCUT2D eigenvalue weighted by molar-refractivity contribution is 6.30. The molecule has 0 heterocycles. The van der Waals surface area contributed by atoms with Crippen molar-refractivity contribution in [2.24, 2.45) is 5.92 Å². The van der Waals surface area contributed by atoms with Crippen molar-refractivity contribution in [3.8, 4) is 0 Å². The SMILES string of the molecule is CC(NC1CCC(C(F)(F)F)CC1)c1ccc(F)c(Cl)c1. The predicted octanol–water partition coefficient (Wildman–Crippen LogP) is 5.25. The van der Waals surface area contributed by atoms with Gasteiger partial charge in [-0.15, -0.1) is 0 Å². The molecule has 6 heteroatoms. The Kier molecular flexibility index (Phi) is 5.15. The van der Waals surface area contributed by atoms with Crippen molar-refractivity contribution in [2.45, 2.75) is 50.9 Å². The molecule has 118 valence electrons. The quantitative estimate of drug-likeness (QED) is 0.749. The summed E-state index contributed by atoms with van der Waals surface area (Å²) in [5.41, 5.74) is 0.833. The van der Waals surface area contributed by atoms with Gasteiger partial charge in [-0.25, -0.2) is 4.39 Å². The molecule has 1 unspecified atom stereocenters. The molecule has 0 saturated heterocycles. The molecule has 0 bridgehead atoms. The van der Waals surface area contributed by atoms with Crippen molar-refractivity contribution < 1.29 is 17.6 Å². The summed E-state index contributed by atoms with van der Waals surface area (Å²) in [6.07, 6.45) is -2.75. The van der Waals surface area contributed by atoms with Crippen molar-refractivity contribution in [3.05, 3.63) is 34.6 Å². The van der Waals surface area contributed by atoms with E-state index in [-0.39, 0.29) is 29.9 Å². The maximum atomic E-state index is 13.1. The van der Waals surface area contributed by atoms with Gasteiger partial charge in [0.05, 0.1) is 10.9 Å². The van der Waals surface area contributed by atoms with Crippen LogP contribution in [0.3, 0.4) is 0 Å². The molecule has 0 amide bonds. The molecule has 1 atom stereocenters. The first-order valence-electron chi connectivity index (χ1n) is 7.05. The largest absolute Gasteiger partial charge is 0.391 e. The Morgan fingerprint density at radius 2 is 1.81 bits per heavy atom. The van der Waals surface area contributed by atoms with Gasteiger partial charge in [-0.3, -0.25) is 0 Å². The highest BCUT2D eigenvalue weighted by Gasteiger charge is 2.41. The molecule has 0 radical (unpaired) electrons. The van der Waals surface area contributed by atoms with Gasteiger partial charge in [-0.05, 0) is 50.3 Å². The summed E-state index contributed by atoms with van der Waals surface area (Å²) in [5, 5.41) is 3.36. The van der Waals surface area contributed by atoms with E-state index in [0.29, 0.717) is 12.8 Å². The molecule has 21 heavy (non-hydrogen) atoms. The van der Waals surface area contributed by atoms with Crippen molar-refractivity contribution in [2.75, 3.05) is 0 Å². The zero-order valence-electron chi connectivity index (χ0n) is 11.7. The van der Waals surface area contributed by atoms with Gasteiger partial charge in [0.2, 0.25) is 0 Å². The lowest BCUT2D eigenvalue weighted by molar-refractivity contribution is -0.182. The minimum absolute atomic E-state index is 0.0573. The molecule has 1 aromatic carbocycles. The fourth-order valence-electron chi connectivity index (χ4n) is 2.82. The monoisotopic (exact) mass is 323 g/mol. The number of benzene rings is 1. The molecule has 1 aromatic rings. The zero-order chi connectivity index (χ0) is 15.6. The van der Waals surface area contributed by atoms with Crippen LogP contribution in [0.5, 0.6) is 0 Å². The summed E-state index contributed by atoms with van der Waals surface area (Å²) in [6, 6.07) is 4.48. The Morgan fingerprint density at radius 3 is 2.33 bits per heavy atom. The summed E-state index contributed by atoms with van der Waals surface area (Å²) in [4.78, 5) is 0. The average molecular weight is 324 g/mol. The second-order valence-corrected chi connectivity index (χ2v) is 6.06. The Balaban J connectivity index is 1.89. The van der Waals surface area contributed by atoms with Crippen LogP contribution in [0.15, 0.2) is 18.2 Å². The minimum Gasteiger partial charge on any atom is -0.307 e. The van der Waals surface area contributed by atoms with Crippen LogP contribution in [-0.2, 0) is 0 Å². The van der Waals surface area contributed by atoms with Gasteiger partial charge in [-0.1, -0.05) is 17.7 Å². The second kappa shape index (κ2) is 6.53. The van der Waals surface area contributed by atoms with E-state index in [2.05, 4.69) is 5.32 Å². The molecule has 0 aromatic heterocycles. The standard InChI is InChI=1S/C15H18ClF4N/c1-9(10-2-7-14(17)13(16)8-10)21-12-5-3-11(4-6-12)15(18,19)20/h2,7-9,11-12,21H,3-6H2,1H3. The number of hydrogen-bond donors (Lipinski definition) is 1. The number of nitrogens with one attached hydrogen (secondary N) is 1. The first kappa shape index (κ1) is 16.6. The second-order valence-electron chi connectivity index (χ2n) is 5.65. The van der Waals surface area contributed by atoms with Crippen LogP contribution in [0.1, 0.15) is 44.2 Å². The molecule has 1 aliphatic rings. The van der Waals surface area contributed by atoms with Crippen molar-refractivity contribution in [1.82, 2.24) is 5.32 Å². The van der Waals surface area contributed by atoms with E-state index in [1.165, 1.54) is 6.07 Å². The third-order valence-corrected chi connectivity index (χ3v) is 4.41. The lowest BCUT2D eigenvalue weighted by Crippen LogP contribution is -2.38. The van der Waals surface area contributed by atoms with Gasteiger partial charge in [0.1, 0.15) is 5.82 Å². The predicted molar refractivity (Wildman–Crippen MR) is 74.8 cm³/mol. The normalized spacial score (nSPS) is 24.9. The van der Waals surface area contributed by atoms with E-state index in [9.17, 15) is 17.6 Å². The number of alkyl halides is 3. The smallest absolute Gasteiger partial charge is 0.307 e. The fraction of sp³-hybridized carbons (Fsp3) is 0.600. The van der Waals surface area contributed by atoms with Gasteiger partial charge in [-0.2, -0.15) is 13.2 Å². The third-order valence-electron chi connectivity index (χ3n) is 4.12. The van der Waals surface area contributed by atoms with Crippen molar-refractivity contribution in [3.63, 3.8) is 0 Å². The highest BCUT2D eigenvalue weighted by atomic mass is 35.5. The van der Waals surface area contributed by atoms with E-state index in [1.54, 1.807) is 12.1 Å². The van der Waals surface area contributed by atoms with E-state index < -0.39 is 17.9 Å². The van der Waals surface area contributed by atoms with Crippen LogP contribution in [-0.4, -0.2) is 12.2 Å². The molecular formula is C15H18ClF4N. The van der Waals surface area contributed by atoms with Crippen LogP contribution in [0.4, 0.5) is 17.6 Å². The molecule has 1 N–H and O–H groups in total. The first-order valence-corrected chi connectivity index (χ1v) is 7.43. The summed E-state index contributed by atoms with van der Waals surface area (Å²) < 4.78 is 50.9. The van der Waals surface area contributed by atoms with Gasteiger partial charge in [0.15, 0.2) is 0 Å². The average Bonchev–Trinajstić information content (AvgIpc) is 2.41. The Labute approximate surface area is 126 Å². The zero-order valence-corrected chi connectivity index (χ0v) is 12.4. The summed E-state index contributed by atoms with van der Waals surface area (Å²) in [5.74, 6) is -1.65. The van der Waals surface area contributed by atoms with Crippen molar-refractivity contribution in [1.29, 1.82) is 0 Å². The number of hydrogen-bond acceptors (Lipinski definition) is 1. The molecule has 0 aliphatic heterocycles. The van der Waals surface area contributed by atoms with Crippen LogP contribution in [0, 0.1) is 11.7 Å². The molecule has 0 spiro atoms. The molecule has 1 saturated carbocycles. The first-order chi connectivity index (χ1) is 9.77. The maximum absolute atomic E-state index is 13.1. The summed E-state index contributed by atoms with van der Waals surface area (Å²) in [6.45, 7) is 1.90. The molecule has 1 nitrogen and oxygen atoms in total. The summed E-state index contributed by atoms with van der Waals surface area (Å²) >= 11 is 5.74. The fourth-order valence-corrected chi connectivity index (χ4v) is 3.01. The molecule has 1 fully saturated rings. The lowest BCUT2D eigenvalue weighted by Gasteiger charge is -2.32. The van der Waals surface area contributed by atoms with E-state index in [4.69, 9.17) is 11.6 Å². The summed E-state index contributed by atoms with van der Waals surface area (Å²) in [7, 11) is 0. The van der Waals surface area contributed by atoms with E-state index in [1.807, 2.05) is 6.92 Å². The van der Waals surface area contributed by atoms with Crippen LogP contribution in [0.25, 0.3) is 0 Å². The van der Waals surface area contributed by atoms with Gasteiger partial charge < -0.3 is 5.32 Å². The molecular weight excluding hydrogens is 306 g/mol. The minimum atomic E-state index is -4.08. The van der Waals surface area contributed by atoms with E-state index >= 15 is 0 Å². The van der Waals surface area contributed by atoms with Crippen molar-refractivity contribution >= 4 is 11.6 Å². The topological polar surface area (TPSA) is 12.0 Å². The van der Waals surface area contributed by atoms with Crippen LogP contribution >= 0.6 is 11.6 Å². The van der Waals surface area contributed by atoms with E-state index in [0.717, 1.165) is 5.56 Å². The maximum Gasteiger partial charge on any atom is 0.391 e. The van der Waals surface area contributed by atoms with Crippen LogP contribution in [0.2, 0.25) is 5.02 Å². The van der Waals surface area contributed by atoms with Crippen LogP contribution < -0.4 is 5.32 Å². The lowest BCUT2D eigenvalue weighted by atomic mass is 9.85.